The number of nitrogens with zero attached hydrogens (tertiary/aromatic N) is 1. The van der Waals surface area contributed by atoms with Crippen LogP contribution >= 0.6 is 0 Å². The van der Waals surface area contributed by atoms with E-state index in [0.29, 0.717) is 16.7 Å². The molecule has 0 aliphatic heterocycles. The van der Waals surface area contributed by atoms with Crippen LogP contribution in [0.15, 0.2) is 30.5 Å². The highest BCUT2D eigenvalue weighted by atomic mass is 14.9. The third kappa shape index (κ3) is 2.70. The van der Waals surface area contributed by atoms with Gasteiger partial charge < -0.3 is 0 Å². The Morgan fingerprint density at radius 3 is 2.63 bits per heavy atom. The second-order valence-corrected chi connectivity index (χ2v) is 5.02. The van der Waals surface area contributed by atoms with Crippen LogP contribution in [0.5, 0.6) is 0 Å². The molecule has 1 heteroatoms. The van der Waals surface area contributed by atoms with E-state index in [1.807, 2.05) is 24.6 Å². The number of benzene rings is 1. The molecule has 0 spiro atoms. The van der Waals surface area contributed by atoms with Crippen molar-refractivity contribution >= 4 is 0 Å². The Balaban J connectivity index is 2.67. The van der Waals surface area contributed by atoms with E-state index in [1.54, 1.807) is 31.3 Å². The highest BCUT2D eigenvalue weighted by Crippen LogP contribution is 2.26. The topological polar surface area (TPSA) is 3.88 Å². The average molecular weight is 261 g/mol. The molecule has 1 heterocycles. The summed E-state index contributed by atoms with van der Waals surface area (Å²) in [7, 11) is 1.84. The molecule has 1 aromatic carbocycles. The van der Waals surface area contributed by atoms with Crippen LogP contribution in [0.25, 0.3) is 11.3 Å². The van der Waals surface area contributed by atoms with Crippen LogP contribution in [0.2, 0.25) is 0 Å². The van der Waals surface area contributed by atoms with Crippen molar-refractivity contribution in [3.63, 3.8) is 0 Å². The van der Waals surface area contributed by atoms with Crippen molar-refractivity contribution in [2.75, 3.05) is 0 Å². The van der Waals surface area contributed by atoms with Gasteiger partial charge in [-0.15, -0.1) is 0 Å². The molecule has 1 unspecified atom stereocenters. The number of rotatable bonds is 2. The first kappa shape index (κ1) is 7.23. The van der Waals surface area contributed by atoms with Crippen molar-refractivity contribution in [2.24, 2.45) is 7.05 Å². The molecule has 19 heavy (non-hydrogen) atoms. The largest absolute Gasteiger partial charge is 0.212 e. The number of aryl methyl sites for hydroxylation is 4. The summed E-state index contributed by atoms with van der Waals surface area (Å²) >= 11 is 0. The molecular weight excluding hydrogens is 230 g/mol. The minimum Gasteiger partial charge on any atom is -0.201 e. The molecule has 0 radical (unpaired) electrons. The normalized spacial score (nSPS) is 20.9. The SMILES string of the molecule is [2H]C([2H])([2H])c1cc(C)c(-c2cc(C([2H])(C)C([2H])([2H])[2H])cc[n+]2C)cc1C. The van der Waals surface area contributed by atoms with E-state index >= 15 is 0 Å². The summed E-state index contributed by atoms with van der Waals surface area (Å²) in [5.41, 5.74) is 3.70. The summed E-state index contributed by atoms with van der Waals surface area (Å²) in [6.07, 6.45) is 1.73. The van der Waals surface area contributed by atoms with Gasteiger partial charge in [0.1, 0.15) is 7.05 Å². The van der Waals surface area contributed by atoms with Gasteiger partial charge >= 0.3 is 0 Å². The number of pyridine rings is 1. The standard InChI is InChI=1S/C18H24N/c1-12(2)16-7-8-19(6)18(11-16)17-10-14(4)13(3)9-15(17)5/h7-12H,1-6H3/q+1/i1D3,3D3,12D. The first-order chi connectivity index (χ1) is 11.7. The Morgan fingerprint density at radius 1 is 1.16 bits per heavy atom. The molecule has 2 rings (SSSR count). The monoisotopic (exact) mass is 261 g/mol. The minimum absolute atomic E-state index is 0.311. The van der Waals surface area contributed by atoms with Crippen molar-refractivity contribution in [3.05, 3.63) is 52.7 Å². The van der Waals surface area contributed by atoms with E-state index in [1.165, 1.54) is 6.92 Å². The third-order valence-electron chi connectivity index (χ3n) is 3.43. The lowest BCUT2D eigenvalue weighted by Gasteiger charge is -2.11. The van der Waals surface area contributed by atoms with Gasteiger partial charge in [0.2, 0.25) is 5.69 Å². The highest BCUT2D eigenvalue weighted by molar-refractivity contribution is 5.63. The second-order valence-electron chi connectivity index (χ2n) is 5.02. The maximum Gasteiger partial charge on any atom is 0.212 e. The maximum atomic E-state index is 8.31. The van der Waals surface area contributed by atoms with Crippen LogP contribution in [0.4, 0.5) is 0 Å². The van der Waals surface area contributed by atoms with Gasteiger partial charge in [0.25, 0.3) is 0 Å². The molecule has 0 bridgehead atoms. The van der Waals surface area contributed by atoms with Gasteiger partial charge in [0.15, 0.2) is 6.20 Å². The summed E-state index contributed by atoms with van der Waals surface area (Å²) in [4.78, 5) is 0. The van der Waals surface area contributed by atoms with Crippen LogP contribution in [-0.4, -0.2) is 0 Å². The van der Waals surface area contributed by atoms with Crippen molar-refractivity contribution in [2.45, 2.75) is 40.4 Å². The zero-order valence-corrected chi connectivity index (χ0v) is 11.8. The van der Waals surface area contributed by atoms with E-state index in [0.717, 1.165) is 16.8 Å². The Morgan fingerprint density at radius 2 is 1.95 bits per heavy atom. The van der Waals surface area contributed by atoms with Crippen molar-refractivity contribution < 1.29 is 14.2 Å². The van der Waals surface area contributed by atoms with E-state index in [-0.39, 0.29) is 0 Å². The Kier molecular flexibility index (Phi) is 1.96. The van der Waals surface area contributed by atoms with Gasteiger partial charge in [-0.2, -0.15) is 0 Å². The van der Waals surface area contributed by atoms with Crippen molar-refractivity contribution in [1.82, 2.24) is 0 Å². The molecule has 0 aliphatic rings. The number of aromatic nitrogens is 1. The van der Waals surface area contributed by atoms with E-state index < -0.39 is 19.6 Å². The van der Waals surface area contributed by atoms with Gasteiger partial charge in [-0.3, -0.25) is 0 Å². The summed E-state index contributed by atoms with van der Waals surface area (Å²) in [5, 5.41) is 0. The molecular formula is C18H24N+. The predicted molar refractivity (Wildman–Crippen MR) is 81.4 cm³/mol. The van der Waals surface area contributed by atoms with Crippen LogP contribution in [0.3, 0.4) is 0 Å². The first-order valence-electron chi connectivity index (χ1n) is 9.78. The molecule has 1 nitrogen and oxygen atoms in total. The molecule has 0 fully saturated rings. The first-order valence-corrected chi connectivity index (χ1v) is 6.28. The van der Waals surface area contributed by atoms with Gasteiger partial charge in [-0.1, -0.05) is 19.8 Å². The predicted octanol–water partition coefficient (Wildman–Crippen LogP) is 4.23. The molecule has 1 aromatic heterocycles. The molecule has 0 amide bonds. The summed E-state index contributed by atoms with van der Waals surface area (Å²) in [6, 6.07) is 6.82. The molecule has 2 aromatic rings. The lowest BCUT2D eigenvalue weighted by Crippen LogP contribution is -2.31. The molecule has 0 saturated carbocycles. The molecule has 0 aliphatic carbocycles. The molecule has 100 valence electrons. The van der Waals surface area contributed by atoms with Gasteiger partial charge in [0, 0.05) is 27.3 Å². The third-order valence-corrected chi connectivity index (χ3v) is 3.43. The lowest BCUT2D eigenvalue weighted by atomic mass is 9.96. The van der Waals surface area contributed by atoms with Crippen LogP contribution in [0.1, 0.15) is 51.5 Å². The van der Waals surface area contributed by atoms with Crippen LogP contribution in [-0.2, 0) is 7.05 Å². The molecule has 1 atom stereocenters. The summed E-state index contributed by atoms with van der Waals surface area (Å²) < 4.78 is 56.1. The maximum absolute atomic E-state index is 8.31. The molecule has 0 N–H and O–H groups in total. The average Bonchev–Trinajstić information content (AvgIpc) is 2.47. The Bertz CT molecular complexity index is 833. The van der Waals surface area contributed by atoms with Gasteiger partial charge in [0.05, 0.1) is 0 Å². The quantitative estimate of drug-likeness (QED) is 0.712. The fourth-order valence-electron chi connectivity index (χ4n) is 2.16. The number of hydrogen-bond acceptors (Lipinski definition) is 0. The summed E-state index contributed by atoms with van der Waals surface area (Å²) in [5.74, 6) is -1.74. The molecule has 0 saturated heterocycles. The fraction of sp³-hybridized carbons (Fsp3) is 0.389. The zero-order chi connectivity index (χ0) is 20.1. The van der Waals surface area contributed by atoms with E-state index in [4.69, 9.17) is 9.60 Å². The smallest absolute Gasteiger partial charge is 0.201 e. The van der Waals surface area contributed by atoms with E-state index in [9.17, 15) is 0 Å². The van der Waals surface area contributed by atoms with E-state index in [2.05, 4.69) is 0 Å². The van der Waals surface area contributed by atoms with Crippen molar-refractivity contribution in [1.29, 1.82) is 0 Å². The Labute approximate surface area is 126 Å². The highest BCUT2D eigenvalue weighted by Gasteiger charge is 2.15. The Hall–Kier alpha value is -1.63. The van der Waals surface area contributed by atoms with Gasteiger partial charge in [-0.05, 0) is 54.9 Å². The van der Waals surface area contributed by atoms with Crippen LogP contribution < -0.4 is 4.57 Å². The van der Waals surface area contributed by atoms with Crippen LogP contribution in [0, 0.1) is 20.7 Å². The number of hydrogen-bond donors (Lipinski definition) is 0. The summed E-state index contributed by atoms with van der Waals surface area (Å²) in [6.45, 7) is 0.333. The second kappa shape index (κ2) is 5.16. The fourth-order valence-corrected chi connectivity index (χ4v) is 2.16. The van der Waals surface area contributed by atoms with Crippen molar-refractivity contribution in [3.8, 4) is 11.3 Å². The lowest BCUT2D eigenvalue weighted by molar-refractivity contribution is -0.660. The zero-order valence-electron chi connectivity index (χ0n) is 18.8. The minimum atomic E-state index is -2.46. The van der Waals surface area contributed by atoms with Gasteiger partial charge in [-0.25, -0.2) is 4.57 Å².